The summed E-state index contributed by atoms with van der Waals surface area (Å²) in [4.78, 5) is 71.8. The van der Waals surface area contributed by atoms with Gasteiger partial charge in [0.1, 0.15) is 29.8 Å². The van der Waals surface area contributed by atoms with Crippen LogP contribution in [0.5, 0.6) is 0 Å². The normalized spacial score (nSPS) is 19.5. The maximum atomic E-state index is 14.0. The maximum Gasteiger partial charge on any atom is 0.407 e. The molecule has 2 aliphatic heterocycles. The van der Waals surface area contributed by atoms with Crippen LogP contribution < -0.4 is 10.6 Å². The van der Waals surface area contributed by atoms with Crippen molar-refractivity contribution in [3.63, 3.8) is 0 Å². The van der Waals surface area contributed by atoms with E-state index < -0.39 is 30.3 Å². The third kappa shape index (κ3) is 8.71. The number of likely N-dealkylation sites (tertiary alicyclic amines) is 2. The van der Waals surface area contributed by atoms with E-state index in [0.29, 0.717) is 24.4 Å². The van der Waals surface area contributed by atoms with Crippen LogP contribution in [0, 0.1) is 16.7 Å². The predicted molar refractivity (Wildman–Crippen MR) is 243 cm³/mol. The Morgan fingerprint density at radius 1 is 0.859 bits per heavy atom. The quantitative estimate of drug-likeness (QED) is 0.0613. The van der Waals surface area contributed by atoms with Crippen molar-refractivity contribution < 1.29 is 28.7 Å². The Morgan fingerprint density at radius 2 is 1.45 bits per heavy atom. The standard InChI is InChI=1S/C49H53N9O6/c1-7-37(55-47(61)63-5)45(59)57-26-36(16-19-50)29(4)42(57)44-52-24-39(54-44)31-10-8-30(9-11-31)32-12-13-34-22-35(15-14-33(34)21-32)40-25-51-43(53-40)41-23-49(17-18-49)27-58(41)46(60)38(20-28(2)3)56-48(62)64-6/h8-16,20-22,24-25,36-38,41-42,50H,4,7,17-18,23,26-27H2,1-3,5-6H3,(H,51,53)(H,52,54)(H,55,61)(H,56,62)/t36-,37+,38+,41+,42+/m1/s1. The number of benzene rings is 3. The van der Waals surface area contributed by atoms with E-state index in [0.717, 1.165) is 75.1 Å². The van der Waals surface area contributed by atoms with Crippen molar-refractivity contribution in [2.75, 3.05) is 27.3 Å². The van der Waals surface area contributed by atoms with Crippen LogP contribution in [-0.2, 0) is 19.1 Å². The van der Waals surface area contributed by atoms with E-state index in [1.54, 1.807) is 23.2 Å². The molecule has 15 heteroatoms. The first-order valence-corrected chi connectivity index (χ1v) is 21.5. The van der Waals surface area contributed by atoms with E-state index in [1.807, 2.05) is 44.0 Å². The van der Waals surface area contributed by atoms with Gasteiger partial charge in [0, 0.05) is 24.6 Å². The molecular weight excluding hydrogens is 811 g/mol. The van der Waals surface area contributed by atoms with Crippen LogP contribution in [-0.4, -0.2) is 99.0 Å². The molecule has 0 unspecified atom stereocenters. The van der Waals surface area contributed by atoms with Crippen LogP contribution in [0.15, 0.2) is 103 Å². The molecule has 3 aromatic carbocycles. The van der Waals surface area contributed by atoms with Crippen molar-refractivity contribution in [2.45, 2.75) is 70.6 Å². The van der Waals surface area contributed by atoms with E-state index in [-0.39, 0.29) is 35.7 Å². The lowest BCUT2D eigenvalue weighted by atomic mass is 9.98. The number of carbonyl (C=O) groups is 4. The summed E-state index contributed by atoms with van der Waals surface area (Å²) in [5.41, 5.74) is 7.31. The summed E-state index contributed by atoms with van der Waals surface area (Å²) in [6, 6.07) is 18.4. The first kappa shape index (κ1) is 43.4. The minimum atomic E-state index is -0.837. The van der Waals surface area contributed by atoms with Crippen molar-refractivity contribution in [3.8, 4) is 33.6 Å². The molecule has 5 atom stereocenters. The number of carbonyl (C=O) groups excluding carboxylic acids is 4. The lowest BCUT2D eigenvalue weighted by molar-refractivity contribution is -0.134. The van der Waals surface area contributed by atoms with E-state index in [4.69, 9.17) is 19.9 Å². The van der Waals surface area contributed by atoms with Gasteiger partial charge in [-0.2, -0.15) is 0 Å². The summed E-state index contributed by atoms with van der Waals surface area (Å²) in [5.74, 6) is 2.83. The smallest absolute Gasteiger partial charge is 0.407 e. The number of H-pyrrole nitrogens is 2. The number of aromatic nitrogens is 4. The van der Waals surface area contributed by atoms with Gasteiger partial charge in [0.05, 0.1) is 44.0 Å². The molecule has 1 spiro atoms. The van der Waals surface area contributed by atoms with Gasteiger partial charge in [-0.15, -0.1) is 0 Å². The Morgan fingerprint density at radius 3 is 2.09 bits per heavy atom. The lowest BCUT2D eigenvalue weighted by Gasteiger charge is -2.27. The first-order chi connectivity index (χ1) is 30.8. The van der Waals surface area contributed by atoms with Crippen molar-refractivity contribution >= 4 is 40.6 Å². The fourth-order valence-electron chi connectivity index (χ4n) is 9.03. The number of aromatic amines is 2. The van der Waals surface area contributed by atoms with Gasteiger partial charge in [0.15, 0.2) is 0 Å². The molecule has 4 amide bonds. The van der Waals surface area contributed by atoms with Crippen molar-refractivity contribution in [1.29, 1.82) is 5.41 Å². The van der Waals surface area contributed by atoms with Gasteiger partial charge in [-0.05, 0) is 102 Å². The number of methoxy groups -OCH3 is 2. The Balaban J connectivity index is 0.976. The molecule has 3 fully saturated rings. The second kappa shape index (κ2) is 17.9. The van der Waals surface area contributed by atoms with Crippen LogP contribution in [0.1, 0.15) is 70.2 Å². The highest BCUT2D eigenvalue weighted by atomic mass is 16.5. The van der Waals surface area contributed by atoms with Gasteiger partial charge in [-0.3, -0.25) is 15.0 Å². The topological polar surface area (TPSA) is 198 Å². The van der Waals surface area contributed by atoms with Crippen LogP contribution in [0.3, 0.4) is 0 Å². The van der Waals surface area contributed by atoms with E-state index >= 15 is 0 Å². The zero-order valence-corrected chi connectivity index (χ0v) is 36.7. The molecule has 8 rings (SSSR count). The monoisotopic (exact) mass is 863 g/mol. The molecular formula is C49H53N9O6. The van der Waals surface area contributed by atoms with Crippen LogP contribution in [0.4, 0.5) is 9.59 Å². The molecule has 2 saturated heterocycles. The number of allylic oxidation sites excluding steroid dienone is 1. The number of amides is 4. The number of hydrogen-bond donors (Lipinski definition) is 5. The van der Waals surface area contributed by atoms with Gasteiger partial charge in [-0.1, -0.05) is 73.7 Å². The summed E-state index contributed by atoms with van der Waals surface area (Å²) in [7, 11) is 2.54. The average Bonchev–Trinajstić information content (AvgIpc) is 3.72. The highest BCUT2D eigenvalue weighted by Gasteiger charge is 2.55. The van der Waals surface area contributed by atoms with Gasteiger partial charge in [0.2, 0.25) is 11.8 Å². The van der Waals surface area contributed by atoms with Crippen LogP contribution >= 0.6 is 0 Å². The summed E-state index contributed by atoms with van der Waals surface area (Å²) in [6.45, 7) is 10.8. The molecule has 2 aromatic heterocycles. The molecule has 5 aromatic rings. The van der Waals surface area contributed by atoms with Crippen molar-refractivity contribution in [1.82, 2.24) is 40.4 Å². The van der Waals surface area contributed by atoms with Gasteiger partial charge in [-0.25, -0.2) is 19.6 Å². The summed E-state index contributed by atoms with van der Waals surface area (Å²) >= 11 is 0. The second-order valence-electron chi connectivity index (χ2n) is 17.2. The summed E-state index contributed by atoms with van der Waals surface area (Å²) in [6.07, 6.45) is 8.86. The van der Waals surface area contributed by atoms with Gasteiger partial charge < -0.3 is 39.9 Å². The molecule has 5 N–H and O–H groups in total. The van der Waals surface area contributed by atoms with E-state index in [9.17, 15) is 19.2 Å². The zero-order valence-electron chi connectivity index (χ0n) is 36.7. The Labute approximate surface area is 371 Å². The maximum absolute atomic E-state index is 14.0. The molecule has 0 radical (unpaired) electrons. The molecule has 1 aliphatic carbocycles. The molecule has 3 aliphatic rings. The second-order valence-corrected chi connectivity index (χ2v) is 17.2. The number of imidazole rings is 2. The number of rotatable bonds is 12. The van der Waals surface area contributed by atoms with Crippen molar-refractivity contribution in [3.05, 3.63) is 115 Å². The largest absolute Gasteiger partial charge is 0.453 e. The molecule has 64 heavy (non-hydrogen) atoms. The fraction of sp³-hybridized carbons (Fsp3) is 0.347. The highest BCUT2D eigenvalue weighted by Crippen LogP contribution is 2.58. The third-order valence-corrected chi connectivity index (χ3v) is 12.7. The van der Waals surface area contributed by atoms with Crippen molar-refractivity contribution in [2.24, 2.45) is 11.3 Å². The molecule has 15 nitrogen and oxygen atoms in total. The Hall–Kier alpha value is -7.25. The lowest BCUT2D eigenvalue weighted by Crippen LogP contribution is -2.48. The number of ether oxygens (including phenoxy) is 2. The summed E-state index contributed by atoms with van der Waals surface area (Å²) in [5, 5.41) is 15.0. The van der Waals surface area contributed by atoms with Crippen LogP contribution in [0.25, 0.3) is 44.4 Å². The van der Waals surface area contributed by atoms with Gasteiger partial charge >= 0.3 is 12.2 Å². The SMILES string of the molecule is C=C1[C@H](C=C=N)CN(C(=O)[C@H](CC)NC(=O)OC)[C@@H]1c1ncc(-c2ccc(-c3ccc4cc(-c5cnc([C@@H]6CC7(CC7)CN6C(=O)[C@H](C=C(C)C)NC(=O)OC)[nH]5)ccc4c3)cc2)[nH]1. The fourth-order valence-corrected chi connectivity index (χ4v) is 9.03. The van der Waals surface area contributed by atoms with E-state index in [2.05, 4.69) is 86.6 Å². The number of alkyl carbamates (subject to hydrolysis) is 2. The number of hydrogen-bond acceptors (Lipinski definition) is 9. The minimum Gasteiger partial charge on any atom is -0.453 e. The number of nitrogens with zero attached hydrogens (tertiary/aromatic N) is 4. The van der Waals surface area contributed by atoms with Crippen LogP contribution in [0.2, 0.25) is 0 Å². The van der Waals surface area contributed by atoms with Gasteiger partial charge in [0.25, 0.3) is 0 Å². The first-order valence-electron chi connectivity index (χ1n) is 21.5. The molecule has 0 bridgehead atoms. The minimum absolute atomic E-state index is 0.0880. The number of nitrogens with one attached hydrogen (secondary N) is 5. The summed E-state index contributed by atoms with van der Waals surface area (Å²) < 4.78 is 9.56. The van der Waals surface area contributed by atoms with E-state index in [1.165, 1.54) is 14.2 Å². The number of fused-ring (bicyclic) bond motifs is 1. The third-order valence-electron chi connectivity index (χ3n) is 12.7. The predicted octanol–water partition coefficient (Wildman–Crippen LogP) is 8.03. The molecule has 330 valence electrons. The highest BCUT2D eigenvalue weighted by molar-refractivity contribution is 5.91. The zero-order chi connectivity index (χ0) is 45.3. The molecule has 1 saturated carbocycles. The molecule has 4 heterocycles. The average molecular weight is 864 g/mol. The Kier molecular flexibility index (Phi) is 12.1. The Bertz CT molecular complexity index is 2700.